The summed E-state index contributed by atoms with van der Waals surface area (Å²) in [5.74, 6) is -0.276. The lowest BCUT2D eigenvalue weighted by Crippen LogP contribution is -2.12. The number of amides is 1. The minimum absolute atomic E-state index is 0.276. The Labute approximate surface area is 168 Å². The summed E-state index contributed by atoms with van der Waals surface area (Å²) in [6, 6.07) is 13.4. The fourth-order valence-electron chi connectivity index (χ4n) is 2.67. The van der Waals surface area contributed by atoms with E-state index in [1.165, 1.54) is 0 Å². The maximum Gasteiger partial charge on any atom is 0.255 e. The third-order valence-electron chi connectivity index (χ3n) is 4.02. The van der Waals surface area contributed by atoms with Gasteiger partial charge < -0.3 is 5.32 Å². The molecule has 0 spiro atoms. The normalized spacial score (nSPS) is 11.3. The molecule has 0 unspecified atom stereocenters. The number of aryl methyl sites for hydroxylation is 1. The summed E-state index contributed by atoms with van der Waals surface area (Å²) in [5, 5.41) is 7.78. The zero-order valence-electron chi connectivity index (χ0n) is 15.5. The van der Waals surface area contributed by atoms with Gasteiger partial charge in [0.2, 0.25) is 10.0 Å². The van der Waals surface area contributed by atoms with Crippen LogP contribution in [0, 0.1) is 13.8 Å². The molecule has 0 fully saturated rings. The predicted molar refractivity (Wildman–Crippen MR) is 111 cm³/mol. The summed E-state index contributed by atoms with van der Waals surface area (Å²) >= 11 is 6.18. The molecule has 0 radical (unpaired) electrons. The van der Waals surface area contributed by atoms with E-state index in [0.29, 0.717) is 22.0 Å². The van der Waals surface area contributed by atoms with E-state index in [-0.39, 0.29) is 5.91 Å². The Balaban J connectivity index is 1.72. The zero-order valence-corrected chi connectivity index (χ0v) is 17.1. The number of sulfonamides is 1. The molecule has 9 heteroatoms. The molecule has 2 aromatic carbocycles. The summed E-state index contributed by atoms with van der Waals surface area (Å²) in [7, 11) is -3.34. The average Bonchev–Trinajstić information content (AvgIpc) is 2.90. The van der Waals surface area contributed by atoms with Crippen LogP contribution in [0.3, 0.4) is 0 Å². The molecule has 3 aromatic rings. The molecule has 0 saturated carbocycles. The fraction of sp³-hybridized carbons (Fsp3) is 0.158. The van der Waals surface area contributed by atoms with Crippen LogP contribution < -0.4 is 10.0 Å². The third kappa shape index (κ3) is 4.52. The number of rotatable bonds is 5. The Morgan fingerprint density at radius 1 is 1.00 bits per heavy atom. The van der Waals surface area contributed by atoms with E-state index in [1.807, 2.05) is 13.8 Å². The summed E-state index contributed by atoms with van der Waals surface area (Å²) in [6.07, 6.45) is 1.08. The van der Waals surface area contributed by atoms with Crippen LogP contribution in [0.25, 0.3) is 5.69 Å². The smallest absolute Gasteiger partial charge is 0.255 e. The zero-order chi connectivity index (χ0) is 20.5. The minimum Gasteiger partial charge on any atom is -0.322 e. The van der Waals surface area contributed by atoms with Gasteiger partial charge >= 0.3 is 0 Å². The van der Waals surface area contributed by atoms with Crippen molar-refractivity contribution in [3.63, 3.8) is 0 Å². The van der Waals surface area contributed by atoms with Gasteiger partial charge in [0.1, 0.15) is 0 Å². The molecule has 1 aromatic heterocycles. The summed E-state index contributed by atoms with van der Waals surface area (Å²) in [4.78, 5) is 12.4. The molecule has 0 aliphatic rings. The van der Waals surface area contributed by atoms with Gasteiger partial charge in [-0.1, -0.05) is 11.6 Å². The highest BCUT2D eigenvalue weighted by Crippen LogP contribution is 2.23. The highest BCUT2D eigenvalue weighted by Gasteiger charge is 2.12. The minimum atomic E-state index is -3.34. The Morgan fingerprint density at radius 3 is 2.07 bits per heavy atom. The Morgan fingerprint density at radius 2 is 1.57 bits per heavy atom. The number of nitrogens with zero attached hydrogens (tertiary/aromatic N) is 2. The summed E-state index contributed by atoms with van der Waals surface area (Å²) < 4.78 is 26.5. The number of hydrogen-bond donors (Lipinski definition) is 2. The van der Waals surface area contributed by atoms with Gasteiger partial charge in [0, 0.05) is 16.9 Å². The maximum atomic E-state index is 12.4. The second kappa shape index (κ2) is 7.65. The molecule has 0 aliphatic carbocycles. The van der Waals surface area contributed by atoms with Gasteiger partial charge in [0.25, 0.3) is 5.91 Å². The molecule has 28 heavy (non-hydrogen) atoms. The molecular formula is C19H19ClN4O3S. The number of carbonyl (C=O) groups excluding carboxylic acids is 1. The van der Waals surface area contributed by atoms with Gasteiger partial charge in [-0.15, -0.1) is 0 Å². The van der Waals surface area contributed by atoms with Crippen molar-refractivity contribution in [1.29, 1.82) is 0 Å². The van der Waals surface area contributed by atoms with Gasteiger partial charge in [-0.25, -0.2) is 13.1 Å². The van der Waals surface area contributed by atoms with Crippen molar-refractivity contribution in [2.75, 3.05) is 16.3 Å². The lowest BCUT2D eigenvalue weighted by atomic mass is 10.2. The Bertz CT molecular complexity index is 1120. The van der Waals surface area contributed by atoms with Crippen LogP contribution in [-0.4, -0.2) is 30.4 Å². The summed E-state index contributed by atoms with van der Waals surface area (Å²) in [5.41, 5.74) is 3.84. The van der Waals surface area contributed by atoms with Crippen LogP contribution >= 0.6 is 11.6 Å². The van der Waals surface area contributed by atoms with Crippen LogP contribution in [0.2, 0.25) is 5.02 Å². The molecule has 146 valence electrons. The molecule has 3 rings (SSSR count). The molecule has 7 nitrogen and oxygen atoms in total. The number of hydrogen-bond acceptors (Lipinski definition) is 4. The van der Waals surface area contributed by atoms with Crippen LogP contribution in [0.5, 0.6) is 0 Å². The molecule has 0 aliphatic heterocycles. The van der Waals surface area contributed by atoms with Crippen molar-refractivity contribution in [3.05, 3.63) is 70.5 Å². The molecule has 0 atom stereocenters. The Hall–Kier alpha value is -2.84. The number of nitrogens with one attached hydrogen (secondary N) is 2. The molecule has 0 saturated heterocycles. The summed E-state index contributed by atoms with van der Waals surface area (Å²) in [6.45, 7) is 3.72. The highest BCUT2D eigenvalue weighted by atomic mass is 35.5. The number of carbonyl (C=O) groups is 1. The fourth-order valence-corrected chi connectivity index (χ4v) is 3.35. The van der Waals surface area contributed by atoms with Crippen molar-refractivity contribution in [1.82, 2.24) is 9.78 Å². The number of anilines is 2. The van der Waals surface area contributed by atoms with Crippen molar-refractivity contribution in [2.24, 2.45) is 0 Å². The van der Waals surface area contributed by atoms with E-state index in [2.05, 4.69) is 15.1 Å². The maximum absolute atomic E-state index is 12.4. The van der Waals surface area contributed by atoms with E-state index < -0.39 is 10.0 Å². The molecule has 2 N–H and O–H groups in total. The van der Waals surface area contributed by atoms with E-state index in [0.717, 1.165) is 23.3 Å². The first-order valence-electron chi connectivity index (χ1n) is 8.35. The van der Waals surface area contributed by atoms with E-state index in [1.54, 1.807) is 53.2 Å². The molecule has 1 amide bonds. The van der Waals surface area contributed by atoms with E-state index >= 15 is 0 Å². The van der Waals surface area contributed by atoms with Crippen LogP contribution in [0.4, 0.5) is 11.4 Å². The van der Waals surface area contributed by atoms with Crippen LogP contribution in [0.1, 0.15) is 21.7 Å². The van der Waals surface area contributed by atoms with Crippen molar-refractivity contribution in [3.8, 4) is 5.69 Å². The van der Waals surface area contributed by atoms with Gasteiger partial charge in [0.05, 0.1) is 28.4 Å². The number of aromatic nitrogens is 2. The predicted octanol–water partition coefficient (Wildman–Crippen LogP) is 3.77. The average molecular weight is 419 g/mol. The highest BCUT2D eigenvalue weighted by molar-refractivity contribution is 7.92. The Kier molecular flexibility index (Phi) is 5.44. The first-order valence-corrected chi connectivity index (χ1v) is 10.6. The second-order valence-corrected chi connectivity index (χ2v) is 8.48. The standard InChI is InChI=1S/C19H19ClN4O3S/c1-12-18(20)13(2)24(22-12)17-10-4-14(5-11-17)19(25)21-15-6-8-16(9-7-15)23-28(3,26)27/h4-11,23H,1-3H3,(H,21,25). The van der Waals surface area contributed by atoms with E-state index in [4.69, 9.17) is 11.6 Å². The van der Waals surface area contributed by atoms with Crippen molar-refractivity contribution < 1.29 is 13.2 Å². The second-order valence-electron chi connectivity index (χ2n) is 6.35. The van der Waals surface area contributed by atoms with Gasteiger partial charge in [-0.3, -0.25) is 9.52 Å². The number of benzene rings is 2. The monoisotopic (exact) mass is 418 g/mol. The SMILES string of the molecule is Cc1nn(-c2ccc(C(=O)Nc3ccc(NS(C)(=O)=O)cc3)cc2)c(C)c1Cl. The van der Waals surface area contributed by atoms with Crippen LogP contribution in [-0.2, 0) is 10.0 Å². The largest absolute Gasteiger partial charge is 0.322 e. The van der Waals surface area contributed by atoms with Gasteiger partial charge in [-0.05, 0) is 62.4 Å². The lowest BCUT2D eigenvalue weighted by Gasteiger charge is -2.09. The third-order valence-corrected chi connectivity index (χ3v) is 5.18. The quantitative estimate of drug-likeness (QED) is 0.659. The van der Waals surface area contributed by atoms with Gasteiger partial charge in [-0.2, -0.15) is 5.10 Å². The topological polar surface area (TPSA) is 93.1 Å². The molecule has 0 bridgehead atoms. The van der Waals surface area contributed by atoms with E-state index in [9.17, 15) is 13.2 Å². The van der Waals surface area contributed by atoms with Crippen LogP contribution in [0.15, 0.2) is 48.5 Å². The first-order chi connectivity index (χ1) is 13.1. The lowest BCUT2D eigenvalue weighted by molar-refractivity contribution is 0.102. The first kappa shape index (κ1) is 19.9. The molecular weight excluding hydrogens is 400 g/mol. The van der Waals surface area contributed by atoms with Gasteiger partial charge in [0.15, 0.2) is 0 Å². The number of halogens is 1. The molecule has 1 heterocycles. The van der Waals surface area contributed by atoms with Crippen molar-refractivity contribution >= 4 is 38.9 Å². The van der Waals surface area contributed by atoms with Crippen molar-refractivity contribution in [2.45, 2.75) is 13.8 Å².